The molecule has 4 nitrogen and oxygen atoms in total. The van der Waals surface area contributed by atoms with Gasteiger partial charge in [0.15, 0.2) is 0 Å². The lowest BCUT2D eigenvalue weighted by atomic mass is 10.0. The molecule has 3 aromatic rings. The number of aromatic nitrogens is 3. The van der Waals surface area contributed by atoms with E-state index in [1.165, 1.54) is 38.9 Å². The molecule has 0 saturated heterocycles. The number of fused-ring (bicyclic) bond motifs is 3. The van der Waals surface area contributed by atoms with Gasteiger partial charge in [-0.2, -0.15) is 5.10 Å². The smallest absolute Gasteiger partial charge is 0.0565 e. The molecule has 0 aliphatic carbocycles. The van der Waals surface area contributed by atoms with Crippen molar-refractivity contribution in [3.05, 3.63) is 53.0 Å². The monoisotopic (exact) mass is 320 g/mol. The van der Waals surface area contributed by atoms with Gasteiger partial charge in [-0.1, -0.05) is 11.6 Å². The Morgan fingerprint density at radius 3 is 2.83 bits per heavy atom. The lowest BCUT2D eigenvalue weighted by Crippen LogP contribution is -2.26. The first-order chi connectivity index (χ1) is 11.5. The Morgan fingerprint density at radius 2 is 2.08 bits per heavy atom. The summed E-state index contributed by atoms with van der Waals surface area (Å²) in [6.07, 6.45) is 7.37. The number of benzene rings is 1. The SMILES string of the molecule is C/C(=C\n1c2c(c3cc(C)ccc31)CN(C)CC2)c1cnn(C)c1. The van der Waals surface area contributed by atoms with Crippen LogP contribution in [0.15, 0.2) is 30.6 Å². The van der Waals surface area contributed by atoms with Crippen LogP contribution in [0.1, 0.15) is 29.3 Å². The highest BCUT2D eigenvalue weighted by molar-refractivity contribution is 5.90. The molecule has 0 unspecified atom stereocenters. The molecule has 0 spiro atoms. The topological polar surface area (TPSA) is 26.0 Å². The molecule has 4 heteroatoms. The quantitative estimate of drug-likeness (QED) is 0.720. The van der Waals surface area contributed by atoms with Crippen LogP contribution < -0.4 is 0 Å². The summed E-state index contributed by atoms with van der Waals surface area (Å²) < 4.78 is 4.26. The molecule has 0 amide bonds. The van der Waals surface area contributed by atoms with Crippen LogP contribution in [0.3, 0.4) is 0 Å². The second kappa shape index (κ2) is 5.64. The second-order valence-corrected chi connectivity index (χ2v) is 7.02. The number of nitrogens with zero attached hydrogens (tertiary/aromatic N) is 4. The maximum absolute atomic E-state index is 4.30. The summed E-state index contributed by atoms with van der Waals surface area (Å²) in [6.45, 7) is 6.48. The van der Waals surface area contributed by atoms with Gasteiger partial charge in [-0.05, 0) is 44.2 Å². The maximum Gasteiger partial charge on any atom is 0.0565 e. The second-order valence-electron chi connectivity index (χ2n) is 7.02. The van der Waals surface area contributed by atoms with Crippen molar-refractivity contribution in [1.82, 2.24) is 19.2 Å². The van der Waals surface area contributed by atoms with E-state index in [9.17, 15) is 0 Å². The fourth-order valence-corrected chi connectivity index (χ4v) is 3.68. The summed E-state index contributed by atoms with van der Waals surface area (Å²) in [4.78, 5) is 2.41. The molecular weight excluding hydrogens is 296 g/mol. The van der Waals surface area contributed by atoms with E-state index in [-0.39, 0.29) is 0 Å². The molecule has 24 heavy (non-hydrogen) atoms. The third kappa shape index (κ3) is 2.47. The summed E-state index contributed by atoms with van der Waals surface area (Å²) in [7, 11) is 4.17. The normalized spacial score (nSPS) is 15.9. The highest BCUT2D eigenvalue weighted by atomic mass is 15.2. The van der Waals surface area contributed by atoms with Crippen molar-refractivity contribution in [2.45, 2.75) is 26.8 Å². The van der Waals surface area contributed by atoms with Crippen molar-refractivity contribution in [1.29, 1.82) is 0 Å². The van der Waals surface area contributed by atoms with E-state index < -0.39 is 0 Å². The Bertz CT molecular complexity index is 942. The van der Waals surface area contributed by atoms with Gasteiger partial charge in [0.2, 0.25) is 0 Å². The van der Waals surface area contributed by atoms with E-state index in [4.69, 9.17) is 0 Å². The Kier molecular flexibility index (Phi) is 3.57. The highest BCUT2D eigenvalue weighted by Crippen LogP contribution is 2.32. The molecule has 0 fully saturated rings. The van der Waals surface area contributed by atoms with E-state index in [0.717, 1.165) is 19.5 Å². The van der Waals surface area contributed by atoms with E-state index in [1.807, 2.05) is 17.9 Å². The number of likely N-dealkylation sites (N-methyl/N-ethyl adjacent to an activating group) is 1. The zero-order valence-corrected chi connectivity index (χ0v) is 14.9. The van der Waals surface area contributed by atoms with Crippen LogP contribution >= 0.6 is 0 Å². The Morgan fingerprint density at radius 1 is 1.25 bits per heavy atom. The summed E-state index contributed by atoms with van der Waals surface area (Å²) in [5.41, 5.74) is 7.98. The molecule has 2 aromatic heterocycles. The number of hydrogen-bond donors (Lipinski definition) is 0. The third-order valence-electron chi connectivity index (χ3n) is 5.02. The standard InChI is InChI=1S/C20H24N4/c1-14-5-6-19-17(9-14)18-13-22(3)8-7-20(18)24(19)11-15(2)16-10-21-23(4)12-16/h5-6,9-12H,7-8,13H2,1-4H3/b15-11+. The third-order valence-corrected chi connectivity index (χ3v) is 5.02. The Hall–Kier alpha value is -2.33. The highest BCUT2D eigenvalue weighted by Gasteiger charge is 2.21. The molecule has 0 saturated carbocycles. The van der Waals surface area contributed by atoms with Crippen molar-refractivity contribution in [2.75, 3.05) is 13.6 Å². The molecule has 0 radical (unpaired) electrons. The van der Waals surface area contributed by atoms with Crippen LogP contribution in [0.5, 0.6) is 0 Å². The van der Waals surface area contributed by atoms with Crippen molar-refractivity contribution >= 4 is 22.7 Å². The predicted octanol–water partition coefficient (Wildman–Crippen LogP) is 3.69. The van der Waals surface area contributed by atoms with Crippen LogP contribution in [0.25, 0.3) is 22.7 Å². The van der Waals surface area contributed by atoms with E-state index in [2.05, 4.69) is 66.1 Å². The van der Waals surface area contributed by atoms with Gasteiger partial charge in [0.25, 0.3) is 0 Å². The summed E-state index contributed by atoms with van der Waals surface area (Å²) in [6, 6.07) is 6.80. The minimum Gasteiger partial charge on any atom is -0.320 e. The molecule has 1 aliphatic rings. The van der Waals surface area contributed by atoms with Crippen LogP contribution in [-0.4, -0.2) is 32.8 Å². The van der Waals surface area contributed by atoms with Gasteiger partial charge < -0.3 is 9.47 Å². The molecule has 0 N–H and O–H groups in total. The van der Waals surface area contributed by atoms with E-state index in [0.29, 0.717) is 0 Å². The molecule has 4 rings (SSSR count). The number of aryl methyl sites for hydroxylation is 2. The van der Waals surface area contributed by atoms with Crippen LogP contribution in [-0.2, 0) is 20.0 Å². The first-order valence-electron chi connectivity index (χ1n) is 8.51. The first kappa shape index (κ1) is 15.2. The number of allylic oxidation sites excluding steroid dienone is 1. The molecule has 0 bridgehead atoms. The van der Waals surface area contributed by atoms with Crippen LogP contribution in [0.2, 0.25) is 0 Å². The minimum atomic E-state index is 1.03. The van der Waals surface area contributed by atoms with Gasteiger partial charge in [-0.15, -0.1) is 0 Å². The summed E-state index contributed by atoms with van der Waals surface area (Å²) >= 11 is 0. The van der Waals surface area contributed by atoms with Crippen molar-refractivity contribution < 1.29 is 0 Å². The Labute approximate surface area is 143 Å². The molecule has 124 valence electrons. The van der Waals surface area contributed by atoms with Crippen molar-refractivity contribution in [3.63, 3.8) is 0 Å². The minimum absolute atomic E-state index is 1.03. The van der Waals surface area contributed by atoms with Gasteiger partial charge in [0.1, 0.15) is 0 Å². The van der Waals surface area contributed by atoms with Gasteiger partial charge in [-0.25, -0.2) is 0 Å². The van der Waals surface area contributed by atoms with Crippen LogP contribution in [0.4, 0.5) is 0 Å². The molecule has 3 heterocycles. The largest absolute Gasteiger partial charge is 0.320 e. The fourth-order valence-electron chi connectivity index (χ4n) is 3.68. The van der Waals surface area contributed by atoms with Gasteiger partial charge in [0, 0.05) is 55.6 Å². The van der Waals surface area contributed by atoms with Crippen molar-refractivity contribution in [2.24, 2.45) is 7.05 Å². The molecule has 1 aliphatic heterocycles. The average molecular weight is 320 g/mol. The lowest BCUT2D eigenvalue weighted by Gasteiger charge is -2.23. The zero-order chi connectivity index (χ0) is 16.8. The van der Waals surface area contributed by atoms with Crippen LogP contribution in [0, 0.1) is 6.92 Å². The number of hydrogen-bond acceptors (Lipinski definition) is 2. The van der Waals surface area contributed by atoms with E-state index >= 15 is 0 Å². The number of rotatable bonds is 2. The molecule has 1 aromatic carbocycles. The zero-order valence-electron chi connectivity index (χ0n) is 14.9. The van der Waals surface area contributed by atoms with Crippen molar-refractivity contribution in [3.8, 4) is 0 Å². The van der Waals surface area contributed by atoms with E-state index in [1.54, 1.807) is 0 Å². The summed E-state index contributed by atoms with van der Waals surface area (Å²) in [5, 5.41) is 5.69. The molecular formula is C20H24N4. The summed E-state index contributed by atoms with van der Waals surface area (Å²) in [5.74, 6) is 0. The van der Waals surface area contributed by atoms with Gasteiger partial charge >= 0.3 is 0 Å². The Balaban J connectivity index is 1.92. The van der Waals surface area contributed by atoms with Gasteiger partial charge in [-0.3, -0.25) is 4.68 Å². The lowest BCUT2D eigenvalue weighted by molar-refractivity contribution is 0.312. The first-order valence-corrected chi connectivity index (χ1v) is 8.51. The van der Waals surface area contributed by atoms with Gasteiger partial charge in [0.05, 0.1) is 11.7 Å². The average Bonchev–Trinajstić information content (AvgIpc) is 3.10. The maximum atomic E-state index is 4.30. The predicted molar refractivity (Wildman–Crippen MR) is 99.8 cm³/mol. The molecule has 0 atom stereocenters. The fraction of sp³-hybridized carbons (Fsp3) is 0.350.